The molecule has 1 aromatic carbocycles. The number of nitrogens with zero attached hydrogens (tertiary/aromatic N) is 1. The zero-order valence-electron chi connectivity index (χ0n) is 11.9. The predicted molar refractivity (Wildman–Crippen MR) is 80.2 cm³/mol. The molecule has 0 aliphatic carbocycles. The molecule has 0 amide bonds. The van der Waals surface area contributed by atoms with Crippen molar-refractivity contribution in [1.29, 1.82) is 0 Å². The van der Waals surface area contributed by atoms with E-state index in [-0.39, 0.29) is 11.2 Å². The number of halogens is 1. The maximum Gasteiger partial charge on any atom is 0.270 e. The number of non-ortho nitro benzene ring substituents is 1. The van der Waals surface area contributed by atoms with E-state index >= 15 is 0 Å². The summed E-state index contributed by atoms with van der Waals surface area (Å²) in [6.07, 6.45) is 1.66. The summed E-state index contributed by atoms with van der Waals surface area (Å²) in [6.45, 7) is 6.90. The molecule has 1 N–H and O–H groups in total. The van der Waals surface area contributed by atoms with E-state index in [0.29, 0.717) is 18.9 Å². The minimum absolute atomic E-state index is 0.0518. The molecule has 20 heavy (non-hydrogen) atoms. The summed E-state index contributed by atoms with van der Waals surface area (Å²) >= 11 is 5.43. The van der Waals surface area contributed by atoms with Gasteiger partial charge in [-0.1, -0.05) is 11.6 Å². The summed E-state index contributed by atoms with van der Waals surface area (Å²) < 4.78 is 5.54. The van der Waals surface area contributed by atoms with Crippen molar-refractivity contribution >= 4 is 17.3 Å². The number of hydrogen-bond donors (Lipinski definition) is 1. The molecule has 0 unspecified atom stereocenters. The summed E-state index contributed by atoms with van der Waals surface area (Å²) in [5.74, 6) is 0.613. The minimum Gasteiger partial charge on any atom is -0.489 e. The molecule has 0 bridgehead atoms. The fourth-order valence-corrected chi connectivity index (χ4v) is 1.57. The normalized spacial score (nSPS) is 11.8. The van der Waals surface area contributed by atoms with Crippen LogP contribution in [0.1, 0.15) is 26.3 Å². The highest BCUT2D eigenvalue weighted by Gasteiger charge is 2.14. The van der Waals surface area contributed by atoms with Gasteiger partial charge in [-0.3, -0.25) is 10.1 Å². The molecule has 1 aromatic rings. The van der Waals surface area contributed by atoms with E-state index in [1.807, 2.05) is 20.8 Å². The van der Waals surface area contributed by atoms with Gasteiger partial charge in [0, 0.05) is 35.3 Å². The van der Waals surface area contributed by atoms with Crippen LogP contribution in [0.5, 0.6) is 5.75 Å². The standard InChI is InChI=1S/C14H19ClN2O3/c1-14(2,3)16-10-11-9-12(17(18)19)5-6-13(11)20-8-4-7-15/h4-7,9,16H,8,10H2,1-3H3. The van der Waals surface area contributed by atoms with Gasteiger partial charge < -0.3 is 10.1 Å². The largest absolute Gasteiger partial charge is 0.489 e. The molecule has 0 saturated carbocycles. The van der Waals surface area contributed by atoms with Crippen LogP contribution in [0.4, 0.5) is 5.69 Å². The second-order valence-corrected chi connectivity index (χ2v) is 5.58. The molecule has 0 aliphatic heterocycles. The second-order valence-electron chi connectivity index (χ2n) is 5.33. The number of nitro benzene ring substituents is 1. The lowest BCUT2D eigenvalue weighted by Crippen LogP contribution is -2.35. The van der Waals surface area contributed by atoms with Gasteiger partial charge in [0.1, 0.15) is 12.4 Å². The lowest BCUT2D eigenvalue weighted by Gasteiger charge is -2.21. The molecule has 0 saturated heterocycles. The van der Waals surface area contributed by atoms with Crippen LogP contribution in [0, 0.1) is 10.1 Å². The molecule has 0 atom stereocenters. The van der Waals surface area contributed by atoms with Gasteiger partial charge in [0.25, 0.3) is 5.69 Å². The summed E-state index contributed by atoms with van der Waals surface area (Å²) in [5, 5.41) is 14.1. The average molecular weight is 299 g/mol. The van der Waals surface area contributed by atoms with Crippen molar-refractivity contribution in [2.45, 2.75) is 32.9 Å². The number of nitro groups is 1. The molecule has 0 heterocycles. The highest BCUT2D eigenvalue weighted by molar-refractivity contribution is 6.25. The van der Waals surface area contributed by atoms with Gasteiger partial charge in [-0.05, 0) is 32.9 Å². The molecule has 0 spiro atoms. The highest BCUT2D eigenvalue weighted by atomic mass is 35.5. The van der Waals surface area contributed by atoms with E-state index in [4.69, 9.17) is 16.3 Å². The molecule has 5 nitrogen and oxygen atoms in total. The van der Waals surface area contributed by atoms with E-state index in [2.05, 4.69) is 5.32 Å². The molecular weight excluding hydrogens is 280 g/mol. The van der Waals surface area contributed by atoms with Crippen molar-refractivity contribution in [3.05, 3.63) is 45.5 Å². The van der Waals surface area contributed by atoms with E-state index in [0.717, 1.165) is 5.56 Å². The van der Waals surface area contributed by atoms with Crippen LogP contribution >= 0.6 is 11.6 Å². The topological polar surface area (TPSA) is 64.4 Å². The van der Waals surface area contributed by atoms with Gasteiger partial charge in [-0.25, -0.2) is 0 Å². The monoisotopic (exact) mass is 298 g/mol. The third-order valence-corrected chi connectivity index (χ3v) is 2.67. The number of benzene rings is 1. The third kappa shape index (κ3) is 5.59. The molecule has 6 heteroatoms. The fraction of sp³-hybridized carbons (Fsp3) is 0.429. The van der Waals surface area contributed by atoms with Crippen molar-refractivity contribution in [3.63, 3.8) is 0 Å². The minimum atomic E-state index is -0.414. The first-order valence-corrected chi connectivity index (χ1v) is 6.67. The molecule has 1 rings (SSSR count). The van der Waals surface area contributed by atoms with Crippen LogP contribution in [-0.4, -0.2) is 17.1 Å². The maximum atomic E-state index is 10.8. The van der Waals surface area contributed by atoms with E-state index in [9.17, 15) is 10.1 Å². The Morgan fingerprint density at radius 2 is 2.15 bits per heavy atom. The van der Waals surface area contributed by atoms with Crippen LogP contribution in [0.3, 0.4) is 0 Å². The zero-order valence-corrected chi connectivity index (χ0v) is 12.6. The SMILES string of the molecule is CC(C)(C)NCc1cc([N+](=O)[O-])ccc1OCC=CCl. The Morgan fingerprint density at radius 3 is 2.70 bits per heavy atom. The van der Waals surface area contributed by atoms with Gasteiger partial charge in [0.15, 0.2) is 0 Å². The molecule has 110 valence electrons. The molecular formula is C14H19ClN2O3. The van der Waals surface area contributed by atoms with Crippen LogP contribution in [0.25, 0.3) is 0 Å². The summed E-state index contributed by atoms with van der Waals surface area (Å²) in [6, 6.07) is 4.57. The van der Waals surface area contributed by atoms with Crippen molar-refractivity contribution in [2.75, 3.05) is 6.61 Å². The van der Waals surface area contributed by atoms with Gasteiger partial charge in [-0.2, -0.15) is 0 Å². The van der Waals surface area contributed by atoms with Crippen LogP contribution in [0.15, 0.2) is 29.8 Å². The van der Waals surface area contributed by atoms with Gasteiger partial charge >= 0.3 is 0 Å². The summed E-state index contributed by atoms with van der Waals surface area (Å²) in [7, 11) is 0. The first kappa shape index (κ1) is 16.5. The summed E-state index contributed by atoms with van der Waals surface area (Å²) in [4.78, 5) is 10.4. The third-order valence-electron chi connectivity index (χ3n) is 2.49. The molecule has 0 fully saturated rings. The van der Waals surface area contributed by atoms with Crippen molar-refractivity contribution < 1.29 is 9.66 Å². The first-order chi connectivity index (χ1) is 9.33. The van der Waals surface area contributed by atoms with E-state index < -0.39 is 4.92 Å². The number of rotatable bonds is 6. The lowest BCUT2D eigenvalue weighted by atomic mass is 10.1. The van der Waals surface area contributed by atoms with E-state index in [1.54, 1.807) is 12.1 Å². The van der Waals surface area contributed by atoms with Crippen molar-refractivity contribution in [2.24, 2.45) is 0 Å². The quantitative estimate of drug-likeness (QED) is 0.643. The average Bonchev–Trinajstić information content (AvgIpc) is 2.36. The Balaban J connectivity index is 2.93. The number of hydrogen-bond acceptors (Lipinski definition) is 4. The predicted octanol–water partition coefficient (Wildman–Crippen LogP) is 3.61. The molecule has 0 aliphatic rings. The van der Waals surface area contributed by atoms with Crippen LogP contribution < -0.4 is 10.1 Å². The van der Waals surface area contributed by atoms with Crippen LogP contribution in [0.2, 0.25) is 0 Å². The Labute approximate surface area is 123 Å². The van der Waals surface area contributed by atoms with Crippen LogP contribution in [-0.2, 0) is 6.54 Å². The first-order valence-electron chi connectivity index (χ1n) is 6.24. The Hall–Kier alpha value is -1.59. The Bertz CT molecular complexity index is 496. The van der Waals surface area contributed by atoms with Gasteiger partial charge in [0.2, 0.25) is 0 Å². The smallest absolute Gasteiger partial charge is 0.270 e. The molecule has 0 radical (unpaired) electrons. The highest BCUT2D eigenvalue weighted by Crippen LogP contribution is 2.24. The van der Waals surface area contributed by atoms with Gasteiger partial charge in [0.05, 0.1) is 4.92 Å². The lowest BCUT2D eigenvalue weighted by molar-refractivity contribution is -0.384. The second kappa shape index (κ2) is 7.26. The summed E-state index contributed by atoms with van der Waals surface area (Å²) in [5.41, 5.74) is 2.09. The number of nitrogens with one attached hydrogen (secondary N) is 1. The van der Waals surface area contributed by atoms with Crippen molar-refractivity contribution in [3.8, 4) is 5.75 Å². The maximum absolute atomic E-state index is 10.8. The van der Waals surface area contributed by atoms with E-state index in [1.165, 1.54) is 17.7 Å². The molecule has 0 aromatic heterocycles. The Kier molecular flexibility index (Phi) is 5.98. The van der Waals surface area contributed by atoms with Gasteiger partial charge in [-0.15, -0.1) is 0 Å². The fourth-order valence-electron chi connectivity index (χ4n) is 1.49. The van der Waals surface area contributed by atoms with Crippen molar-refractivity contribution in [1.82, 2.24) is 5.32 Å². The zero-order chi connectivity index (χ0) is 15.2. The number of ether oxygens (including phenoxy) is 1. The Morgan fingerprint density at radius 1 is 1.45 bits per heavy atom.